The quantitative estimate of drug-likeness (QED) is 0.747. The maximum atomic E-state index is 14.1. The van der Waals surface area contributed by atoms with Crippen LogP contribution in [0.15, 0.2) is 34.9 Å². The van der Waals surface area contributed by atoms with Crippen LogP contribution in [0.2, 0.25) is 5.02 Å². The Balaban J connectivity index is 1.99. The van der Waals surface area contributed by atoms with Crippen LogP contribution < -0.4 is 9.80 Å². The zero-order valence-corrected chi connectivity index (χ0v) is 15.8. The average molecular weight is 429 g/mol. The van der Waals surface area contributed by atoms with Crippen LogP contribution in [-0.4, -0.2) is 44.2 Å². The lowest BCUT2D eigenvalue weighted by Crippen LogP contribution is -2.38. The second kappa shape index (κ2) is 7.68. The van der Waals surface area contributed by atoms with Gasteiger partial charge in [-0.15, -0.1) is 0 Å². The number of amides is 1. The molecule has 0 saturated carbocycles. The van der Waals surface area contributed by atoms with Gasteiger partial charge in [0.2, 0.25) is 0 Å². The number of benzene rings is 1. The van der Waals surface area contributed by atoms with Crippen molar-refractivity contribution in [3.8, 4) is 0 Å². The van der Waals surface area contributed by atoms with E-state index in [1.807, 2.05) is 6.07 Å². The highest BCUT2D eigenvalue weighted by atomic mass is 79.9. The van der Waals surface area contributed by atoms with E-state index in [1.165, 1.54) is 23.1 Å². The molecule has 0 N–H and O–H groups in total. The molecule has 2 heterocycles. The molecular weight excluding hydrogens is 413 g/mol. The Hall–Kier alpha value is -1.70. The summed E-state index contributed by atoms with van der Waals surface area (Å²) in [6.07, 6.45) is 1.60. The maximum Gasteiger partial charge on any atom is 0.263 e. The van der Waals surface area contributed by atoms with E-state index in [-0.39, 0.29) is 10.6 Å². The van der Waals surface area contributed by atoms with Gasteiger partial charge in [0.05, 0.1) is 29.5 Å². The first kappa shape index (κ1) is 18.1. The summed E-state index contributed by atoms with van der Waals surface area (Å²) in [4.78, 5) is 20.6. The monoisotopic (exact) mass is 427 g/mol. The first-order chi connectivity index (χ1) is 12.0. The van der Waals surface area contributed by atoms with E-state index in [0.29, 0.717) is 32.1 Å². The predicted molar refractivity (Wildman–Crippen MR) is 99.1 cm³/mol. The molecule has 0 radical (unpaired) electrons. The molecule has 2 aromatic rings. The van der Waals surface area contributed by atoms with E-state index in [2.05, 4.69) is 25.8 Å². The number of carbonyl (C=O) groups excluding carboxylic acids is 1. The van der Waals surface area contributed by atoms with Crippen molar-refractivity contribution in [2.24, 2.45) is 0 Å². The van der Waals surface area contributed by atoms with Gasteiger partial charge in [-0.05, 0) is 34.1 Å². The van der Waals surface area contributed by atoms with E-state index >= 15 is 0 Å². The second-order valence-electron chi connectivity index (χ2n) is 5.56. The highest BCUT2D eigenvalue weighted by Crippen LogP contribution is 2.32. The van der Waals surface area contributed by atoms with Crippen LogP contribution >= 0.6 is 27.5 Å². The fourth-order valence-corrected chi connectivity index (χ4v) is 3.25. The molecule has 3 rings (SSSR count). The van der Waals surface area contributed by atoms with Crippen molar-refractivity contribution < 1.29 is 13.9 Å². The van der Waals surface area contributed by atoms with Gasteiger partial charge < -0.3 is 9.64 Å². The molecule has 25 heavy (non-hydrogen) atoms. The van der Waals surface area contributed by atoms with Crippen molar-refractivity contribution in [2.75, 3.05) is 43.2 Å². The smallest absolute Gasteiger partial charge is 0.263 e. The molecule has 1 aliphatic rings. The normalized spacial score (nSPS) is 14.5. The number of anilines is 2. The van der Waals surface area contributed by atoms with Crippen molar-refractivity contribution in [1.29, 1.82) is 0 Å². The molecule has 0 bridgehead atoms. The molecule has 1 fully saturated rings. The highest BCUT2D eigenvalue weighted by Gasteiger charge is 2.25. The number of nitrogens with zero attached hydrogens (tertiary/aromatic N) is 3. The van der Waals surface area contributed by atoms with E-state index in [9.17, 15) is 9.18 Å². The van der Waals surface area contributed by atoms with Gasteiger partial charge in [0.15, 0.2) is 5.82 Å². The largest absolute Gasteiger partial charge is 0.378 e. The summed E-state index contributed by atoms with van der Waals surface area (Å²) in [6, 6.07) is 6.06. The third-order valence-electron chi connectivity index (χ3n) is 3.96. The standard InChI is InChI=1S/C17H16BrClFN3O2/c1-22(17(24)15-12(19)3-2-4-13(15)20)16-14(9-11(18)10-21-16)23-5-7-25-8-6-23/h2-4,9-10H,5-8H2,1H3. The number of hydrogen-bond acceptors (Lipinski definition) is 4. The molecular formula is C17H16BrClFN3O2. The number of hydrogen-bond donors (Lipinski definition) is 0. The summed E-state index contributed by atoms with van der Waals surface area (Å²) in [5.74, 6) is -0.767. The van der Waals surface area contributed by atoms with E-state index < -0.39 is 11.7 Å². The molecule has 1 aromatic carbocycles. The van der Waals surface area contributed by atoms with E-state index in [4.69, 9.17) is 16.3 Å². The summed E-state index contributed by atoms with van der Waals surface area (Å²) in [5.41, 5.74) is 0.616. The molecule has 8 heteroatoms. The fourth-order valence-electron chi connectivity index (χ4n) is 2.68. The summed E-state index contributed by atoms with van der Waals surface area (Å²) in [5, 5.41) is 0.0712. The molecule has 0 spiro atoms. The lowest BCUT2D eigenvalue weighted by molar-refractivity contribution is 0.0988. The minimum absolute atomic E-state index is 0.0712. The van der Waals surface area contributed by atoms with Gasteiger partial charge in [0, 0.05) is 30.8 Å². The second-order valence-corrected chi connectivity index (χ2v) is 6.88. The number of halogens is 3. The minimum atomic E-state index is -0.658. The maximum absolute atomic E-state index is 14.1. The Labute approximate surface area is 158 Å². The molecule has 1 saturated heterocycles. The van der Waals surface area contributed by atoms with Gasteiger partial charge >= 0.3 is 0 Å². The zero-order chi connectivity index (χ0) is 18.0. The summed E-state index contributed by atoms with van der Waals surface area (Å²) >= 11 is 9.44. The van der Waals surface area contributed by atoms with E-state index in [0.717, 1.165) is 10.2 Å². The molecule has 0 unspecified atom stereocenters. The number of morpholine rings is 1. The lowest BCUT2D eigenvalue weighted by atomic mass is 10.1. The number of rotatable bonds is 3. The molecule has 5 nitrogen and oxygen atoms in total. The van der Waals surface area contributed by atoms with Crippen LogP contribution in [0.25, 0.3) is 0 Å². The minimum Gasteiger partial charge on any atom is -0.378 e. The third-order valence-corrected chi connectivity index (χ3v) is 4.71. The fraction of sp³-hybridized carbons (Fsp3) is 0.294. The number of ether oxygens (including phenoxy) is 1. The highest BCUT2D eigenvalue weighted by molar-refractivity contribution is 9.10. The van der Waals surface area contributed by atoms with Crippen LogP contribution in [0.5, 0.6) is 0 Å². The van der Waals surface area contributed by atoms with Gasteiger partial charge in [-0.25, -0.2) is 9.37 Å². The molecule has 0 aliphatic carbocycles. The summed E-state index contributed by atoms with van der Waals surface area (Å²) < 4.78 is 20.3. The molecule has 1 aliphatic heterocycles. The Morgan fingerprint density at radius 3 is 2.80 bits per heavy atom. The van der Waals surface area contributed by atoms with Gasteiger partial charge in [-0.3, -0.25) is 9.69 Å². The van der Waals surface area contributed by atoms with Crippen molar-refractivity contribution in [3.63, 3.8) is 0 Å². The number of carbonyl (C=O) groups is 1. The first-order valence-electron chi connectivity index (χ1n) is 7.69. The topological polar surface area (TPSA) is 45.7 Å². The van der Waals surface area contributed by atoms with Crippen LogP contribution in [0.4, 0.5) is 15.9 Å². The predicted octanol–water partition coefficient (Wildman–Crippen LogP) is 3.75. The Morgan fingerprint density at radius 1 is 1.40 bits per heavy atom. The van der Waals surface area contributed by atoms with Crippen molar-refractivity contribution in [3.05, 3.63) is 51.3 Å². The van der Waals surface area contributed by atoms with Gasteiger partial charge in [-0.1, -0.05) is 17.7 Å². The summed E-state index contributed by atoms with van der Waals surface area (Å²) in [6.45, 7) is 2.58. The Bertz CT molecular complexity index is 779. The van der Waals surface area contributed by atoms with Crippen molar-refractivity contribution in [2.45, 2.75) is 0 Å². The average Bonchev–Trinajstić information content (AvgIpc) is 2.61. The van der Waals surface area contributed by atoms with Crippen LogP contribution in [0.3, 0.4) is 0 Å². The molecule has 132 valence electrons. The van der Waals surface area contributed by atoms with E-state index in [1.54, 1.807) is 13.2 Å². The van der Waals surface area contributed by atoms with Crippen LogP contribution in [-0.2, 0) is 4.74 Å². The number of pyridine rings is 1. The zero-order valence-electron chi connectivity index (χ0n) is 13.5. The lowest BCUT2D eigenvalue weighted by Gasteiger charge is -2.32. The van der Waals surface area contributed by atoms with Gasteiger partial charge in [0.25, 0.3) is 5.91 Å². The number of aromatic nitrogens is 1. The Kier molecular flexibility index (Phi) is 5.56. The van der Waals surface area contributed by atoms with Crippen molar-refractivity contribution >= 4 is 44.9 Å². The molecule has 0 atom stereocenters. The van der Waals surface area contributed by atoms with Crippen LogP contribution in [0, 0.1) is 5.82 Å². The third kappa shape index (κ3) is 3.78. The molecule has 1 amide bonds. The molecule has 1 aromatic heterocycles. The van der Waals surface area contributed by atoms with Crippen molar-refractivity contribution in [1.82, 2.24) is 4.98 Å². The summed E-state index contributed by atoms with van der Waals surface area (Å²) in [7, 11) is 1.56. The Morgan fingerprint density at radius 2 is 2.12 bits per heavy atom. The van der Waals surface area contributed by atoms with Gasteiger partial charge in [0.1, 0.15) is 5.82 Å². The van der Waals surface area contributed by atoms with Crippen LogP contribution in [0.1, 0.15) is 10.4 Å². The SMILES string of the molecule is CN(C(=O)c1c(F)cccc1Cl)c1ncc(Br)cc1N1CCOCC1. The van der Waals surface area contributed by atoms with Gasteiger partial charge in [-0.2, -0.15) is 0 Å². The first-order valence-corrected chi connectivity index (χ1v) is 8.86.